The van der Waals surface area contributed by atoms with Gasteiger partial charge in [0.2, 0.25) is 5.91 Å². The maximum Gasteiger partial charge on any atom is 0.307 e. The molecule has 0 aliphatic rings. The molecule has 0 saturated carbocycles. The van der Waals surface area contributed by atoms with Crippen molar-refractivity contribution in [2.45, 2.75) is 19.8 Å². The highest BCUT2D eigenvalue weighted by molar-refractivity contribution is 5.90. The van der Waals surface area contributed by atoms with Gasteiger partial charge in [-0.15, -0.1) is 0 Å². The van der Waals surface area contributed by atoms with Gasteiger partial charge >= 0.3 is 5.97 Å². The largest absolute Gasteiger partial charge is 0.493 e. The Hall–Kier alpha value is -2.82. The first-order valence-electron chi connectivity index (χ1n) is 7.33. The van der Waals surface area contributed by atoms with Gasteiger partial charge in [-0.3, -0.25) is 9.59 Å². The van der Waals surface area contributed by atoms with Gasteiger partial charge in [0, 0.05) is 5.69 Å². The fourth-order valence-electron chi connectivity index (χ4n) is 2.00. The van der Waals surface area contributed by atoms with Crippen LogP contribution in [0.2, 0.25) is 0 Å². The zero-order valence-electron chi connectivity index (χ0n) is 12.9. The number of nitrogens with one attached hydrogen (secondary N) is 1. The molecule has 5 nitrogen and oxygen atoms in total. The van der Waals surface area contributed by atoms with Crippen molar-refractivity contribution in [2.24, 2.45) is 0 Å². The van der Waals surface area contributed by atoms with E-state index in [1.807, 2.05) is 31.2 Å². The monoisotopic (exact) mass is 313 g/mol. The van der Waals surface area contributed by atoms with Gasteiger partial charge in [-0.2, -0.15) is 0 Å². The Labute approximate surface area is 134 Å². The van der Waals surface area contributed by atoms with Crippen LogP contribution in [0.4, 0.5) is 5.69 Å². The zero-order chi connectivity index (χ0) is 16.7. The Morgan fingerprint density at radius 1 is 1.04 bits per heavy atom. The topological polar surface area (TPSA) is 75.6 Å². The van der Waals surface area contributed by atoms with E-state index in [9.17, 15) is 9.59 Å². The molecule has 0 radical (unpaired) electrons. The van der Waals surface area contributed by atoms with Crippen molar-refractivity contribution in [1.82, 2.24) is 0 Å². The molecule has 0 atom stereocenters. The number of rotatable bonds is 7. The lowest BCUT2D eigenvalue weighted by Crippen LogP contribution is -2.15. The van der Waals surface area contributed by atoms with E-state index in [4.69, 9.17) is 9.84 Å². The lowest BCUT2D eigenvalue weighted by Gasteiger charge is -2.08. The van der Waals surface area contributed by atoms with Gasteiger partial charge in [-0.25, -0.2) is 0 Å². The number of aryl methyl sites for hydroxylation is 1. The minimum absolute atomic E-state index is 0.0292. The summed E-state index contributed by atoms with van der Waals surface area (Å²) >= 11 is 0. The number of ether oxygens (including phenoxy) is 1. The van der Waals surface area contributed by atoms with Crippen LogP contribution in [0, 0.1) is 6.92 Å². The first-order chi connectivity index (χ1) is 11.0. The summed E-state index contributed by atoms with van der Waals surface area (Å²) in [5.74, 6) is -0.292. The molecular formula is C18H19NO4. The number of anilines is 1. The molecule has 2 N–H and O–H groups in total. The molecule has 23 heavy (non-hydrogen) atoms. The number of carboxylic acid groups (broad SMARTS) is 1. The SMILES string of the molecule is Cc1ccc(OCCC(=O)Nc2ccc(CC(=O)O)cc2)cc1. The Balaban J connectivity index is 1.76. The Morgan fingerprint density at radius 3 is 2.30 bits per heavy atom. The summed E-state index contributed by atoms with van der Waals surface area (Å²) in [6.45, 7) is 2.30. The van der Waals surface area contributed by atoms with Crippen LogP contribution in [-0.2, 0) is 16.0 Å². The quantitative estimate of drug-likeness (QED) is 0.824. The average molecular weight is 313 g/mol. The van der Waals surface area contributed by atoms with E-state index in [0.29, 0.717) is 17.9 Å². The number of carbonyl (C=O) groups excluding carboxylic acids is 1. The minimum Gasteiger partial charge on any atom is -0.493 e. The smallest absolute Gasteiger partial charge is 0.307 e. The van der Waals surface area contributed by atoms with Crippen LogP contribution >= 0.6 is 0 Å². The second kappa shape index (κ2) is 7.98. The molecule has 0 spiro atoms. The van der Waals surface area contributed by atoms with Crippen molar-refractivity contribution in [2.75, 3.05) is 11.9 Å². The number of aliphatic carboxylic acids is 1. The maximum atomic E-state index is 11.8. The molecule has 0 aliphatic heterocycles. The second-order valence-corrected chi connectivity index (χ2v) is 5.23. The lowest BCUT2D eigenvalue weighted by atomic mass is 10.1. The maximum absolute atomic E-state index is 11.8. The fourth-order valence-corrected chi connectivity index (χ4v) is 2.00. The van der Waals surface area contributed by atoms with Crippen molar-refractivity contribution >= 4 is 17.6 Å². The third-order valence-electron chi connectivity index (χ3n) is 3.21. The second-order valence-electron chi connectivity index (χ2n) is 5.23. The van der Waals surface area contributed by atoms with Gasteiger partial charge in [0.15, 0.2) is 0 Å². The first kappa shape index (κ1) is 16.5. The number of carboxylic acids is 1. The highest BCUT2D eigenvalue weighted by Gasteiger charge is 2.04. The number of carbonyl (C=O) groups is 2. The molecule has 0 aliphatic carbocycles. The number of benzene rings is 2. The Bertz CT molecular complexity index is 662. The Kier molecular flexibility index (Phi) is 5.74. The van der Waals surface area contributed by atoms with Crippen LogP contribution in [0.25, 0.3) is 0 Å². The molecule has 0 heterocycles. The predicted molar refractivity (Wildman–Crippen MR) is 87.7 cm³/mol. The molecule has 0 aromatic heterocycles. The highest BCUT2D eigenvalue weighted by Crippen LogP contribution is 2.13. The molecule has 2 aromatic carbocycles. The van der Waals surface area contributed by atoms with E-state index in [2.05, 4.69) is 5.32 Å². The van der Waals surface area contributed by atoms with E-state index in [-0.39, 0.29) is 18.7 Å². The third-order valence-corrected chi connectivity index (χ3v) is 3.21. The van der Waals surface area contributed by atoms with E-state index < -0.39 is 5.97 Å². The highest BCUT2D eigenvalue weighted by atomic mass is 16.5. The summed E-state index contributed by atoms with van der Waals surface area (Å²) in [6.07, 6.45) is 0.212. The summed E-state index contributed by atoms with van der Waals surface area (Å²) in [5, 5.41) is 11.5. The van der Waals surface area contributed by atoms with Gasteiger partial charge < -0.3 is 15.2 Å². The predicted octanol–water partition coefficient (Wildman–Crippen LogP) is 3.03. The van der Waals surface area contributed by atoms with Crippen molar-refractivity contribution in [3.63, 3.8) is 0 Å². The fraction of sp³-hybridized carbons (Fsp3) is 0.222. The molecule has 5 heteroatoms. The molecule has 0 saturated heterocycles. The third kappa shape index (κ3) is 5.82. The van der Waals surface area contributed by atoms with Gasteiger partial charge in [0.05, 0.1) is 19.4 Å². The summed E-state index contributed by atoms with van der Waals surface area (Å²) in [6, 6.07) is 14.4. The molecule has 0 fully saturated rings. The van der Waals surface area contributed by atoms with Crippen molar-refractivity contribution in [3.8, 4) is 5.75 Å². The van der Waals surface area contributed by atoms with Gasteiger partial charge in [0.1, 0.15) is 5.75 Å². The number of hydrogen-bond acceptors (Lipinski definition) is 3. The van der Waals surface area contributed by atoms with Crippen LogP contribution < -0.4 is 10.1 Å². The van der Waals surface area contributed by atoms with Crippen LogP contribution in [0.1, 0.15) is 17.5 Å². The van der Waals surface area contributed by atoms with E-state index in [1.54, 1.807) is 24.3 Å². The molecular weight excluding hydrogens is 294 g/mol. The van der Waals surface area contributed by atoms with Crippen LogP contribution in [-0.4, -0.2) is 23.6 Å². The minimum atomic E-state index is -0.880. The summed E-state index contributed by atoms with van der Waals surface area (Å²) in [5.41, 5.74) is 2.49. The Morgan fingerprint density at radius 2 is 1.70 bits per heavy atom. The van der Waals surface area contributed by atoms with Gasteiger partial charge in [-0.05, 0) is 36.8 Å². The van der Waals surface area contributed by atoms with E-state index >= 15 is 0 Å². The molecule has 1 amide bonds. The molecule has 120 valence electrons. The van der Waals surface area contributed by atoms with Crippen molar-refractivity contribution < 1.29 is 19.4 Å². The number of amides is 1. The van der Waals surface area contributed by atoms with Crippen LogP contribution in [0.3, 0.4) is 0 Å². The zero-order valence-corrected chi connectivity index (χ0v) is 12.9. The van der Waals surface area contributed by atoms with Crippen molar-refractivity contribution in [1.29, 1.82) is 0 Å². The standard InChI is InChI=1S/C18H19NO4/c1-13-2-8-16(9-3-13)23-11-10-17(20)19-15-6-4-14(5-7-15)12-18(21)22/h2-9H,10-12H2,1H3,(H,19,20)(H,21,22). The molecule has 0 bridgehead atoms. The average Bonchev–Trinajstić information content (AvgIpc) is 2.51. The normalized spacial score (nSPS) is 10.1. The van der Waals surface area contributed by atoms with Crippen LogP contribution in [0.5, 0.6) is 5.75 Å². The number of hydrogen-bond donors (Lipinski definition) is 2. The lowest BCUT2D eigenvalue weighted by molar-refractivity contribution is -0.136. The molecule has 2 rings (SSSR count). The van der Waals surface area contributed by atoms with E-state index in [0.717, 1.165) is 11.3 Å². The van der Waals surface area contributed by atoms with Crippen LogP contribution in [0.15, 0.2) is 48.5 Å². The molecule has 0 unspecified atom stereocenters. The molecule has 2 aromatic rings. The first-order valence-corrected chi connectivity index (χ1v) is 7.33. The van der Waals surface area contributed by atoms with Gasteiger partial charge in [-0.1, -0.05) is 29.8 Å². The van der Waals surface area contributed by atoms with Gasteiger partial charge in [0.25, 0.3) is 0 Å². The summed E-state index contributed by atoms with van der Waals surface area (Å²) in [4.78, 5) is 22.4. The summed E-state index contributed by atoms with van der Waals surface area (Å²) < 4.78 is 5.51. The summed E-state index contributed by atoms with van der Waals surface area (Å²) in [7, 11) is 0. The van der Waals surface area contributed by atoms with Crippen molar-refractivity contribution in [3.05, 3.63) is 59.7 Å². The van der Waals surface area contributed by atoms with E-state index in [1.165, 1.54) is 0 Å².